The Morgan fingerprint density at radius 3 is 2.68 bits per heavy atom. The average Bonchev–Trinajstić information content (AvgIpc) is 2.53. The van der Waals surface area contributed by atoms with Crippen LogP contribution in [0, 0.1) is 0 Å². The molecule has 1 aromatic carbocycles. The quantitative estimate of drug-likeness (QED) is 0.785. The molecule has 2 rings (SSSR count). The Balaban J connectivity index is 2.20. The number of benzene rings is 1. The SMILES string of the molecule is CCCNS(=O)(=O)Nc1cc(N2CCOCC2)ccc1OC. The highest BCUT2D eigenvalue weighted by Crippen LogP contribution is 2.30. The molecule has 22 heavy (non-hydrogen) atoms. The molecule has 124 valence electrons. The third-order valence-corrected chi connectivity index (χ3v) is 4.42. The van der Waals surface area contributed by atoms with Gasteiger partial charge in [-0.25, -0.2) is 0 Å². The van der Waals surface area contributed by atoms with Crippen molar-refractivity contribution in [2.45, 2.75) is 13.3 Å². The van der Waals surface area contributed by atoms with Gasteiger partial charge in [0.15, 0.2) is 0 Å². The van der Waals surface area contributed by atoms with Crippen LogP contribution in [0.2, 0.25) is 0 Å². The second kappa shape index (κ2) is 7.66. The first-order valence-electron chi connectivity index (χ1n) is 7.34. The molecular weight excluding hydrogens is 306 g/mol. The van der Waals surface area contributed by atoms with Crippen molar-refractivity contribution >= 4 is 21.6 Å². The monoisotopic (exact) mass is 329 g/mol. The molecule has 7 nitrogen and oxygen atoms in total. The van der Waals surface area contributed by atoms with Crippen molar-refractivity contribution in [3.63, 3.8) is 0 Å². The van der Waals surface area contributed by atoms with Gasteiger partial charge in [-0.05, 0) is 24.6 Å². The lowest BCUT2D eigenvalue weighted by Crippen LogP contribution is -2.36. The molecule has 8 heteroatoms. The van der Waals surface area contributed by atoms with E-state index in [2.05, 4.69) is 14.3 Å². The molecule has 0 amide bonds. The third kappa shape index (κ3) is 4.49. The van der Waals surface area contributed by atoms with Crippen LogP contribution in [0.25, 0.3) is 0 Å². The van der Waals surface area contributed by atoms with Crippen molar-refractivity contribution < 1.29 is 17.9 Å². The maximum atomic E-state index is 12.0. The largest absolute Gasteiger partial charge is 0.495 e. The van der Waals surface area contributed by atoms with Gasteiger partial charge in [-0.3, -0.25) is 4.72 Å². The van der Waals surface area contributed by atoms with Gasteiger partial charge in [0, 0.05) is 25.3 Å². The predicted octanol–water partition coefficient (Wildman–Crippen LogP) is 1.19. The number of methoxy groups -OCH3 is 1. The van der Waals surface area contributed by atoms with Crippen LogP contribution in [0.4, 0.5) is 11.4 Å². The number of ether oxygens (including phenoxy) is 2. The molecule has 1 aliphatic rings. The Bertz CT molecular complexity index is 586. The van der Waals surface area contributed by atoms with Crippen molar-refractivity contribution in [2.24, 2.45) is 0 Å². The van der Waals surface area contributed by atoms with Gasteiger partial charge >= 0.3 is 0 Å². The smallest absolute Gasteiger partial charge is 0.299 e. The lowest BCUT2D eigenvalue weighted by atomic mass is 10.2. The van der Waals surface area contributed by atoms with Gasteiger partial charge in [0.25, 0.3) is 10.2 Å². The highest BCUT2D eigenvalue weighted by Gasteiger charge is 2.16. The minimum Gasteiger partial charge on any atom is -0.495 e. The Morgan fingerprint density at radius 1 is 1.32 bits per heavy atom. The van der Waals surface area contributed by atoms with Crippen LogP contribution in [-0.2, 0) is 14.9 Å². The third-order valence-electron chi connectivity index (χ3n) is 3.35. The lowest BCUT2D eigenvalue weighted by Gasteiger charge is -2.29. The van der Waals surface area contributed by atoms with Crippen molar-refractivity contribution in [3.8, 4) is 5.75 Å². The molecule has 0 unspecified atom stereocenters. The van der Waals surface area contributed by atoms with Crippen LogP contribution in [0.5, 0.6) is 5.75 Å². The van der Waals surface area contributed by atoms with Gasteiger partial charge < -0.3 is 14.4 Å². The lowest BCUT2D eigenvalue weighted by molar-refractivity contribution is 0.122. The van der Waals surface area contributed by atoms with Crippen LogP contribution < -0.4 is 19.1 Å². The molecule has 2 N–H and O–H groups in total. The van der Waals surface area contributed by atoms with Crippen molar-refractivity contribution in [1.29, 1.82) is 0 Å². The standard InChI is InChI=1S/C14H23N3O4S/c1-3-6-15-22(18,19)16-13-11-12(4-5-14(13)20-2)17-7-9-21-10-8-17/h4-5,11,15-16H,3,6-10H2,1-2H3. The number of nitrogens with one attached hydrogen (secondary N) is 2. The van der Waals surface area contributed by atoms with Crippen LogP contribution in [0.3, 0.4) is 0 Å². The highest BCUT2D eigenvalue weighted by molar-refractivity contribution is 7.90. The summed E-state index contributed by atoms with van der Waals surface area (Å²) in [5, 5.41) is 0. The second-order valence-corrected chi connectivity index (χ2v) is 6.48. The van der Waals surface area contributed by atoms with Crippen LogP contribution >= 0.6 is 0 Å². The normalized spacial score (nSPS) is 15.6. The molecule has 0 radical (unpaired) electrons. The number of rotatable bonds is 7. The van der Waals surface area contributed by atoms with Crippen molar-refractivity contribution in [2.75, 3.05) is 49.6 Å². The summed E-state index contributed by atoms with van der Waals surface area (Å²) < 4.78 is 39.6. The molecule has 1 aromatic rings. The summed E-state index contributed by atoms with van der Waals surface area (Å²) in [6, 6.07) is 5.47. The van der Waals surface area contributed by atoms with Gasteiger partial charge in [0.2, 0.25) is 0 Å². The summed E-state index contributed by atoms with van der Waals surface area (Å²) >= 11 is 0. The maximum Gasteiger partial charge on any atom is 0.299 e. The van der Waals surface area contributed by atoms with Gasteiger partial charge in [0.05, 0.1) is 26.0 Å². The van der Waals surface area contributed by atoms with E-state index in [4.69, 9.17) is 9.47 Å². The fourth-order valence-corrected chi connectivity index (χ4v) is 3.21. The van der Waals surface area contributed by atoms with Crippen molar-refractivity contribution in [1.82, 2.24) is 4.72 Å². The summed E-state index contributed by atoms with van der Waals surface area (Å²) in [6.45, 7) is 5.21. The molecule has 0 aromatic heterocycles. The van der Waals surface area contributed by atoms with Crippen molar-refractivity contribution in [3.05, 3.63) is 18.2 Å². The summed E-state index contributed by atoms with van der Waals surface area (Å²) in [5.41, 5.74) is 1.37. The van der Waals surface area contributed by atoms with Crippen LogP contribution in [-0.4, -0.2) is 48.4 Å². The zero-order chi connectivity index (χ0) is 16.0. The molecule has 1 fully saturated rings. The molecule has 1 aliphatic heterocycles. The first-order valence-corrected chi connectivity index (χ1v) is 8.82. The molecule has 0 spiro atoms. The minimum absolute atomic E-state index is 0.390. The number of nitrogens with zero attached hydrogens (tertiary/aromatic N) is 1. The Morgan fingerprint density at radius 2 is 2.05 bits per heavy atom. The number of hydrogen-bond acceptors (Lipinski definition) is 5. The van der Waals surface area contributed by atoms with E-state index in [9.17, 15) is 8.42 Å². The van der Waals surface area contributed by atoms with E-state index in [1.165, 1.54) is 7.11 Å². The van der Waals surface area contributed by atoms with E-state index in [0.29, 0.717) is 31.2 Å². The Labute approximate surface area is 131 Å². The first-order chi connectivity index (χ1) is 10.6. The van der Waals surface area contributed by atoms with E-state index in [1.54, 1.807) is 12.1 Å². The van der Waals surface area contributed by atoms with Gasteiger partial charge in [-0.1, -0.05) is 6.92 Å². The van der Waals surface area contributed by atoms with E-state index >= 15 is 0 Å². The van der Waals surface area contributed by atoms with Gasteiger partial charge in [-0.2, -0.15) is 13.1 Å². The number of hydrogen-bond donors (Lipinski definition) is 2. The van der Waals surface area contributed by atoms with E-state index < -0.39 is 10.2 Å². The first kappa shape index (κ1) is 16.9. The van der Waals surface area contributed by atoms with E-state index in [0.717, 1.165) is 25.2 Å². The molecule has 0 atom stereocenters. The second-order valence-electron chi connectivity index (χ2n) is 4.98. The Kier molecular flexibility index (Phi) is 5.87. The Hall–Kier alpha value is -1.51. The molecular formula is C14H23N3O4S. The molecule has 1 saturated heterocycles. The zero-order valence-corrected chi connectivity index (χ0v) is 13.8. The fraction of sp³-hybridized carbons (Fsp3) is 0.571. The van der Waals surface area contributed by atoms with Gasteiger partial charge in [-0.15, -0.1) is 0 Å². The highest BCUT2D eigenvalue weighted by atomic mass is 32.2. The van der Waals surface area contributed by atoms with Gasteiger partial charge in [0.1, 0.15) is 5.75 Å². The topological polar surface area (TPSA) is 79.9 Å². The maximum absolute atomic E-state index is 12.0. The van der Waals surface area contributed by atoms with E-state index in [1.807, 2.05) is 13.0 Å². The summed E-state index contributed by atoms with van der Waals surface area (Å²) in [6.07, 6.45) is 0.728. The molecule has 1 heterocycles. The number of morpholine rings is 1. The predicted molar refractivity (Wildman–Crippen MR) is 86.9 cm³/mol. The fourth-order valence-electron chi connectivity index (χ4n) is 2.21. The number of anilines is 2. The molecule has 0 aliphatic carbocycles. The summed E-state index contributed by atoms with van der Waals surface area (Å²) in [4.78, 5) is 2.15. The average molecular weight is 329 g/mol. The summed E-state index contributed by atoms with van der Waals surface area (Å²) in [7, 11) is -2.09. The van der Waals surface area contributed by atoms with Crippen LogP contribution in [0.15, 0.2) is 18.2 Å². The molecule has 0 saturated carbocycles. The van der Waals surface area contributed by atoms with E-state index in [-0.39, 0.29) is 0 Å². The minimum atomic E-state index is -3.60. The summed E-state index contributed by atoms with van der Waals surface area (Å²) in [5.74, 6) is 0.485. The molecule has 0 bridgehead atoms. The van der Waals surface area contributed by atoms with Crippen LogP contribution in [0.1, 0.15) is 13.3 Å². The zero-order valence-electron chi connectivity index (χ0n) is 13.0.